The number of halogens is 2. The van der Waals surface area contributed by atoms with Crippen molar-refractivity contribution in [2.24, 2.45) is 16.5 Å². The second kappa shape index (κ2) is 12.3. The highest BCUT2D eigenvalue weighted by atomic mass is 35.5. The van der Waals surface area contributed by atoms with Crippen molar-refractivity contribution in [2.45, 2.75) is 25.8 Å². The number of allylic oxidation sites excluding steroid dienone is 1. The number of nitrogens with zero attached hydrogens (tertiary/aromatic N) is 1. The zero-order valence-corrected chi connectivity index (χ0v) is 10.8. The Morgan fingerprint density at radius 1 is 1.44 bits per heavy atom. The van der Waals surface area contributed by atoms with Gasteiger partial charge in [0.2, 0.25) is 0 Å². The third kappa shape index (κ3) is 13.2. The summed E-state index contributed by atoms with van der Waals surface area (Å²) in [7, 11) is 0. The Morgan fingerprint density at radius 3 is 2.44 bits per heavy atom. The molecule has 0 spiro atoms. The highest BCUT2D eigenvalue weighted by Gasteiger charge is 2.08. The van der Waals surface area contributed by atoms with E-state index in [-0.39, 0.29) is 24.8 Å². The SMILES string of the molecule is CC(N)=NC/C=C/CC[C@@H](N)C(=O)O.Cl.Cl. The van der Waals surface area contributed by atoms with Gasteiger partial charge in [-0.2, -0.15) is 0 Å². The molecule has 0 aliphatic heterocycles. The lowest BCUT2D eigenvalue weighted by molar-refractivity contribution is -0.138. The molecule has 0 fully saturated rings. The van der Waals surface area contributed by atoms with Gasteiger partial charge in [0.15, 0.2) is 0 Å². The Morgan fingerprint density at radius 2 is 2.00 bits per heavy atom. The van der Waals surface area contributed by atoms with Crippen LogP contribution in [-0.4, -0.2) is 29.5 Å². The molecule has 5 nitrogen and oxygen atoms in total. The van der Waals surface area contributed by atoms with Gasteiger partial charge in [0, 0.05) is 0 Å². The van der Waals surface area contributed by atoms with Crippen LogP contribution in [0.4, 0.5) is 0 Å². The van der Waals surface area contributed by atoms with E-state index < -0.39 is 12.0 Å². The lowest BCUT2D eigenvalue weighted by atomic mass is 10.1. The number of carbonyl (C=O) groups is 1. The van der Waals surface area contributed by atoms with Crippen molar-refractivity contribution in [3.05, 3.63) is 12.2 Å². The maximum atomic E-state index is 10.3. The Kier molecular flexibility index (Phi) is 15.8. The Labute approximate surface area is 108 Å². The molecule has 16 heavy (non-hydrogen) atoms. The number of hydrogen-bond donors (Lipinski definition) is 3. The first-order valence-electron chi connectivity index (χ1n) is 4.44. The summed E-state index contributed by atoms with van der Waals surface area (Å²) in [6.45, 7) is 2.25. The predicted octanol–water partition coefficient (Wildman–Crippen LogP) is 0.955. The van der Waals surface area contributed by atoms with Gasteiger partial charge in [0.25, 0.3) is 0 Å². The summed E-state index contributed by atoms with van der Waals surface area (Å²) in [5.41, 5.74) is 10.6. The quantitative estimate of drug-likeness (QED) is 0.380. The molecule has 0 saturated carbocycles. The van der Waals surface area contributed by atoms with E-state index in [9.17, 15) is 4.79 Å². The maximum absolute atomic E-state index is 10.3. The minimum atomic E-state index is -0.964. The average Bonchev–Trinajstić information content (AvgIpc) is 2.09. The lowest BCUT2D eigenvalue weighted by Gasteiger charge is -2.01. The minimum absolute atomic E-state index is 0. The van der Waals surface area contributed by atoms with E-state index in [2.05, 4.69) is 4.99 Å². The number of carboxylic acids is 1. The van der Waals surface area contributed by atoms with Gasteiger partial charge in [-0.05, 0) is 19.8 Å². The van der Waals surface area contributed by atoms with Gasteiger partial charge in [-0.25, -0.2) is 0 Å². The Bertz CT molecular complexity index is 241. The summed E-state index contributed by atoms with van der Waals surface area (Å²) in [5.74, 6) is -0.425. The highest BCUT2D eigenvalue weighted by Crippen LogP contribution is 1.95. The summed E-state index contributed by atoms with van der Waals surface area (Å²) in [6, 6.07) is -0.778. The van der Waals surface area contributed by atoms with Crippen LogP contribution in [0.25, 0.3) is 0 Å². The van der Waals surface area contributed by atoms with Crippen LogP contribution in [0, 0.1) is 0 Å². The largest absolute Gasteiger partial charge is 0.480 e. The first-order valence-corrected chi connectivity index (χ1v) is 4.44. The van der Waals surface area contributed by atoms with E-state index in [4.69, 9.17) is 16.6 Å². The van der Waals surface area contributed by atoms with Gasteiger partial charge in [-0.15, -0.1) is 24.8 Å². The van der Waals surface area contributed by atoms with Crippen LogP contribution in [0.2, 0.25) is 0 Å². The van der Waals surface area contributed by atoms with Crippen LogP contribution < -0.4 is 11.5 Å². The number of hydrogen-bond acceptors (Lipinski definition) is 3. The molecule has 0 unspecified atom stereocenters. The number of aliphatic imine (C=N–C) groups is 1. The monoisotopic (exact) mass is 271 g/mol. The summed E-state index contributed by atoms with van der Waals surface area (Å²) < 4.78 is 0. The lowest BCUT2D eigenvalue weighted by Crippen LogP contribution is -2.29. The van der Waals surface area contributed by atoms with Crippen LogP contribution >= 0.6 is 24.8 Å². The minimum Gasteiger partial charge on any atom is -0.480 e. The zero-order valence-electron chi connectivity index (χ0n) is 9.13. The molecule has 0 aromatic carbocycles. The standard InChI is InChI=1S/C9H17N3O2.2ClH/c1-7(10)12-6-4-2-3-5-8(11)9(13)14;;/h2,4,8H,3,5-6,11H2,1H3,(H2,10,12)(H,13,14);2*1H/b4-2+;;/t8-;;/m1../s1. The molecule has 0 aliphatic carbocycles. The van der Waals surface area contributed by atoms with Crippen molar-refractivity contribution in [1.29, 1.82) is 0 Å². The molecule has 0 amide bonds. The Balaban J connectivity index is -0.000000845. The summed E-state index contributed by atoms with van der Waals surface area (Å²) in [6.07, 6.45) is 4.78. The summed E-state index contributed by atoms with van der Waals surface area (Å²) in [5, 5.41) is 8.47. The van der Waals surface area contributed by atoms with E-state index in [1.807, 2.05) is 12.2 Å². The molecule has 0 radical (unpaired) electrons. The molecule has 0 aromatic heterocycles. The number of nitrogens with two attached hydrogens (primary N) is 2. The molecule has 0 saturated heterocycles. The van der Waals surface area contributed by atoms with Gasteiger partial charge >= 0.3 is 5.97 Å². The van der Waals surface area contributed by atoms with Gasteiger partial charge in [-0.1, -0.05) is 12.2 Å². The number of amidine groups is 1. The summed E-state index contributed by atoms with van der Waals surface area (Å²) in [4.78, 5) is 14.3. The van der Waals surface area contributed by atoms with Crippen molar-refractivity contribution in [2.75, 3.05) is 6.54 Å². The molecule has 96 valence electrons. The van der Waals surface area contributed by atoms with E-state index in [1.54, 1.807) is 6.92 Å². The second-order valence-corrected chi connectivity index (χ2v) is 2.98. The van der Waals surface area contributed by atoms with Crippen molar-refractivity contribution in [3.63, 3.8) is 0 Å². The van der Waals surface area contributed by atoms with Gasteiger partial charge in [0.1, 0.15) is 6.04 Å². The third-order valence-electron chi connectivity index (χ3n) is 1.57. The molecule has 1 atom stereocenters. The normalized spacial score (nSPS) is 12.8. The van der Waals surface area contributed by atoms with Crippen molar-refractivity contribution in [1.82, 2.24) is 0 Å². The molecule has 0 bridgehead atoms. The average molecular weight is 272 g/mol. The zero-order chi connectivity index (χ0) is 11.0. The predicted molar refractivity (Wildman–Crippen MR) is 70.6 cm³/mol. The molecule has 5 N–H and O–H groups in total. The molecular formula is C9H19Cl2N3O2. The first kappa shape index (κ1) is 20.6. The molecule has 0 heterocycles. The van der Waals surface area contributed by atoms with Crippen LogP contribution in [0.3, 0.4) is 0 Å². The summed E-state index contributed by atoms with van der Waals surface area (Å²) >= 11 is 0. The van der Waals surface area contributed by atoms with Crippen molar-refractivity contribution in [3.8, 4) is 0 Å². The fourth-order valence-electron chi connectivity index (χ4n) is 0.788. The fraction of sp³-hybridized carbons (Fsp3) is 0.556. The smallest absolute Gasteiger partial charge is 0.320 e. The van der Waals surface area contributed by atoms with E-state index in [0.717, 1.165) is 0 Å². The highest BCUT2D eigenvalue weighted by molar-refractivity contribution is 5.85. The van der Waals surface area contributed by atoms with Crippen LogP contribution in [-0.2, 0) is 4.79 Å². The van der Waals surface area contributed by atoms with Crippen LogP contribution in [0.5, 0.6) is 0 Å². The number of rotatable bonds is 6. The topological polar surface area (TPSA) is 102 Å². The van der Waals surface area contributed by atoms with Gasteiger partial charge in [-0.3, -0.25) is 9.79 Å². The number of aliphatic carboxylic acids is 1. The molecule has 0 aromatic rings. The number of carboxylic acid groups (broad SMARTS) is 1. The van der Waals surface area contributed by atoms with Crippen molar-refractivity contribution < 1.29 is 9.90 Å². The molecule has 7 heteroatoms. The van der Waals surface area contributed by atoms with Gasteiger partial charge in [0.05, 0.1) is 12.4 Å². The van der Waals surface area contributed by atoms with E-state index >= 15 is 0 Å². The van der Waals surface area contributed by atoms with Crippen molar-refractivity contribution >= 4 is 36.6 Å². The van der Waals surface area contributed by atoms with Gasteiger partial charge < -0.3 is 16.6 Å². The van der Waals surface area contributed by atoms with Crippen LogP contribution in [0.1, 0.15) is 19.8 Å². The molecule has 0 aliphatic rings. The first-order chi connectivity index (χ1) is 6.54. The molecular weight excluding hydrogens is 253 g/mol. The van der Waals surface area contributed by atoms with Crippen LogP contribution in [0.15, 0.2) is 17.1 Å². The second-order valence-electron chi connectivity index (χ2n) is 2.98. The fourth-order valence-corrected chi connectivity index (χ4v) is 0.788. The van der Waals surface area contributed by atoms with E-state index in [0.29, 0.717) is 25.2 Å². The Hall–Kier alpha value is -0.780. The van der Waals surface area contributed by atoms with E-state index in [1.165, 1.54) is 0 Å². The third-order valence-corrected chi connectivity index (χ3v) is 1.57. The molecule has 0 rings (SSSR count). The maximum Gasteiger partial charge on any atom is 0.320 e.